The van der Waals surface area contributed by atoms with Crippen LogP contribution in [0.2, 0.25) is 0 Å². The van der Waals surface area contributed by atoms with Crippen LogP contribution >= 0.6 is 11.8 Å². The quantitative estimate of drug-likeness (QED) is 0.558. The minimum atomic E-state index is -4.59. The predicted octanol–water partition coefficient (Wildman–Crippen LogP) is 3.26. The van der Waals surface area contributed by atoms with Crippen molar-refractivity contribution in [3.8, 4) is 0 Å². The molecule has 0 aromatic carbocycles. The van der Waals surface area contributed by atoms with Crippen molar-refractivity contribution < 1.29 is 26.7 Å². The molecule has 2 rings (SSSR count). The van der Waals surface area contributed by atoms with Gasteiger partial charge in [-0.15, -0.1) is 10.2 Å². The van der Waals surface area contributed by atoms with E-state index in [4.69, 9.17) is 0 Å². The van der Waals surface area contributed by atoms with Gasteiger partial charge in [0, 0.05) is 5.69 Å². The van der Waals surface area contributed by atoms with Crippen molar-refractivity contribution in [3.05, 3.63) is 23.3 Å². The Bertz CT molecular complexity index is 803. The highest BCUT2D eigenvalue weighted by molar-refractivity contribution is 7.99. The van der Waals surface area contributed by atoms with E-state index in [1.807, 2.05) is 0 Å². The molecule has 2 aromatic rings. The lowest BCUT2D eigenvalue weighted by atomic mass is 10.1. The summed E-state index contributed by atoms with van der Waals surface area (Å²) < 4.78 is 66.1. The van der Waals surface area contributed by atoms with Gasteiger partial charge in [0.2, 0.25) is 16.9 Å². The molecule has 0 bridgehead atoms. The summed E-state index contributed by atoms with van der Waals surface area (Å²) in [6.07, 6.45) is -7.55. The first-order chi connectivity index (χ1) is 12.5. The Morgan fingerprint density at radius 1 is 1.33 bits per heavy atom. The van der Waals surface area contributed by atoms with Crippen molar-refractivity contribution in [1.82, 2.24) is 24.7 Å². The first-order valence-corrected chi connectivity index (χ1v) is 8.81. The second-order valence-electron chi connectivity index (χ2n) is 5.64. The van der Waals surface area contributed by atoms with E-state index in [-0.39, 0.29) is 17.4 Å². The van der Waals surface area contributed by atoms with Crippen LogP contribution in [-0.4, -0.2) is 36.3 Å². The van der Waals surface area contributed by atoms with Gasteiger partial charge in [0.15, 0.2) is 5.69 Å². The Labute approximate surface area is 155 Å². The van der Waals surface area contributed by atoms with Gasteiger partial charge >= 0.3 is 6.18 Å². The summed E-state index contributed by atoms with van der Waals surface area (Å²) in [6.45, 7) is 4.49. The third-order valence-corrected chi connectivity index (χ3v) is 4.33. The van der Waals surface area contributed by atoms with Crippen LogP contribution < -0.4 is 5.43 Å². The van der Waals surface area contributed by atoms with E-state index in [1.54, 1.807) is 6.92 Å². The average Bonchev–Trinajstić information content (AvgIpc) is 3.12. The van der Waals surface area contributed by atoms with Crippen LogP contribution in [0.3, 0.4) is 0 Å². The number of carbonyl (C=O) groups is 1. The van der Waals surface area contributed by atoms with E-state index < -0.39 is 35.9 Å². The zero-order chi connectivity index (χ0) is 20.4. The summed E-state index contributed by atoms with van der Waals surface area (Å²) in [5.41, 5.74) is 1.45. The van der Waals surface area contributed by atoms with Crippen molar-refractivity contribution in [2.75, 3.05) is 11.2 Å². The van der Waals surface area contributed by atoms with Gasteiger partial charge < -0.3 is 0 Å². The molecule has 0 spiro atoms. The first-order valence-electron chi connectivity index (χ1n) is 7.83. The van der Waals surface area contributed by atoms with Gasteiger partial charge in [-0.2, -0.15) is 18.3 Å². The highest BCUT2D eigenvalue weighted by Crippen LogP contribution is 2.28. The van der Waals surface area contributed by atoms with Crippen LogP contribution in [0.25, 0.3) is 0 Å². The maximum absolute atomic E-state index is 13.0. The number of hydrogen-bond acceptors (Lipinski definition) is 5. The number of nitrogens with zero attached hydrogens (tertiary/aromatic N) is 5. The maximum Gasteiger partial charge on any atom is 0.435 e. The third-order valence-electron chi connectivity index (χ3n) is 3.52. The molecule has 13 heteroatoms. The number of amides is 1. The van der Waals surface area contributed by atoms with Gasteiger partial charge in [0.25, 0.3) is 6.43 Å². The van der Waals surface area contributed by atoms with Crippen molar-refractivity contribution >= 4 is 17.7 Å². The molecule has 0 saturated carbocycles. The normalized spacial score (nSPS) is 13.2. The maximum atomic E-state index is 13.0. The topological polar surface area (TPSA) is 77.6 Å². The summed E-state index contributed by atoms with van der Waals surface area (Å²) in [5.74, 6) is -1.74. The minimum absolute atomic E-state index is 0.0861. The van der Waals surface area contributed by atoms with Crippen molar-refractivity contribution in [3.63, 3.8) is 0 Å². The van der Waals surface area contributed by atoms with Crippen LogP contribution in [0.1, 0.15) is 37.5 Å². The summed E-state index contributed by atoms with van der Waals surface area (Å²) in [4.78, 5) is 12.4. The highest BCUT2D eigenvalue weighted by Gasteiger charge is 2.34. The number of halogens is 5. The zero-order valence-electron chi connectivity index (χ0n) is 14.6. The van der Waals surface area contributed by atoms with E-state index in [0.29, 0.717) is 5.75 Å². The van der Waals surface area contributed by atoms with Gasteiger partial charge in [-0.25, -0.2) is 13.5 Å². The number of thioether (sulfide) groups is 1. The Hall–Kier alpha value is -2.18. The van der Waals surface area contributed by atoms with Gasteiger partial charge in [-0.3, -0.25) is 14.9 Å². The largest absolute Gasteiger partial charge is 0.435 e. The molecular formula is C14H17F5N6OS. The SMILES string of the molecule is CCSc1nnc(C(F)F)n1NC(=O)[C@H](C)Cn1nc(C(F)(F)F)cc1C. The molecule has 2 aromatic heterocycles. The molecule has 0 fully saturated rings. The molecule has 1 N–H and O–H groups in total. The number of carbonyl (C=O) groups excluding carboxylic acids is 1. The smallest absolute Gasteiger partial charge is 0.273 e. The number of alkyl halides is 5. The van der Waals surface area contributed by atoms with Crippen molar-refractivity contribution in [1.29, 1.82) is 0 Å². The van der Waals surface area contributed by atoms with Crippen LogP contribution in [0.5, 0.6) is 0 Å². The summed E-state index contributed by atoms with van der Waals surface area (Å²) in [7, 11) is 0. The lowest BCUT2D eigenvalue weighted by Gasteiger charge is -2.16. The van der Waals surface area contributed by atoms with E-state index in [1.165, 1.54) is 13.8 Å². The molecule has 0 radical (unpaired) electrons. The Balaban J connectivity index is 2.15. The zero-order valence-corrected chi connectivity index (χ0v) is 15.4. The van der Waals surface area contributed by atoms with Gasteiger partial charge in [0.05, 0.1) is 12.5 Å². The lowest BCUT2D eigenvalue weighted by molar-refractivity contribution is -0.141. The van der Waals surface area contributed by atoms with Crippen LogP contribution in [0.15, 0.2) is 11.2 Å². The van der Waals surface area contributed by atoms with E-state index >= 15 is 0 Å². The fraction of sp³-hybridized carbons (Fsp3) is 0.571. The Morgan fingerprint density at radius 2 is 2.00 bits per heavy atom. The van der Waals surface area contributed by atoms with E-state index in [9.17, 15) is 26.7 Å². The molecule has 2 heterocycles. The molecular weight excluding hydrogens is 395 g/mol. The second-order valence-corrected chi connectivity index (χ2v) is 6.87. The monoisotopic (exact) mass is 412 g/mol. The summed E-state index contributed by atoms with van der Waals surface area (Å²) in [5, 5.41) is 10.5. The molecule has 150 valence electrons. The Kier molecular flexibility index (Phi) is 6.44. The highest BCUT2D eigenvalue weighted by atomic mass is 32.2. The first kappa shape index (κ1) is 21.1. The van der Waals surface area contributed by atoms with Crippen molar-refractivity contribution in [2.24, 2.45) is 5.92 Å². The molecule has 0 unspecified atom stereocenters. The predicted molar refractivity (Wildman–Crippen MR) is 86.9 cm³/mol. The second kappa shape index (κ2) is 8.23. The average molecular weight is 412 g/mol. The Morgan fingerprint density at radius 3 is 2.52 bits per heavy atom. The number of aromatic nitrogens is 5. The molecule has 7 nitrogen and oxygen atoms in total. The van der Waals surface area contributed by atoms with E-state index in [2.05, 4.69) is 20.7 Å². The standard InChI is InChI=1S/C14H17F5N6OS/c1-4-27-13-21-20-11(10(15)16)25(13)23-12(26)7(2)6-24-8(3)5-9(22-24)14(17,18)19/h5,7,10H,4,6H2,1-3H3,(H,23,26)/t7-/m1/s1. The summed E-state index contributed by atoms with van der Waals surface area (Å²) in [6, 6.07) is 0.870. The lowest BCUT2D eigenvalue weighted by Crippen LogP contribution is -2.32. The number of aryl methyl sites for hydroxylation is 1. The molecule has 1 amide bonds. The number of hydrogen-bond donors (Lipinski definition) is 1. The van der Waals surface area contributed by atoms with Crippen LogP contribution in [0.4, 0.5) is 22.0 Å². The molecule has 0 aliphatic heterocycles. The van der Waals surface area contributed by atoms with Crippen LogP contribution in [0, 0.1) is 12.8 Å². The summed E-state index contributed by atoms with van der Waals surface area (Å²) >= 11 is 1.11. The molecule has 1 atom stereocenters. The molecule has 0 aliphatic carbocycles. The minimum Gasteiger partial charge on any atom is -0.273 e. The van der Waals surface area contributed by atoms with Crippen LogP contribution in [-0.2, 0) is 17.5 Å². The van der Waals surface area contributed by atoms with Gasteiger partial charge in [-0.1, -0.05) is 25.6 Å². The fourth-order valence-electron chi connectivity index (χ4n) is 2.15. The van der Waals surface area contributed by atoms with Crippen molar-refractivity contribution in [2.45, 2.75) is 45.1 Å². The molecule has 0 saturated heterocycles. The third kappa shape index (κ3) is 4.96. The number of rotatable bonds is 7. The van der Waals surface area contributed by atoms with Gasteiger partial charge in [-0.05, 0) is 18.7 Å². The molecule has 0 aliphatic rings. The fourth-order valence-corrected chi connectivity index (χ4v) is 2.77. The van der Waals surface area contributed by atoms with E-state index in [0.717, 1.165) is 27.2 Å². The number of nitrogens with one attached hydrogen (secondary N) is 1. The molecule has 27 heavy (non-hydrogen) atoms. The van der Waals surface area contributed by atoms with Gasteiger partial charge in [0.1, 0.15) is 0 Å².